The Hall–Kier alpha value is -3.99. The number of benzene rings is 4. The lowest BCUT2D eigenvalue weighted by Gasteiger charge is -2.29. The molecule has 0 saturated carbocycles. The minimum Gasteiger partial charge on any atom is -0.457 e. The zero-order valence-electron chi connectivity index (χ0n) is 30.9. The highest BCUT2D eigenvalue weighted by Gasteiger charge is 2.41. The number of fused-ring (bicyclic) bond motifs is 4. The van der Waals surface area contributed by atoms with Crippen molar-refractivity contribution >= 4 is 5.97 Å². The summed E-state index contributed by atoms with van der Waals surface area (Å²) in [5.74, 6) is -2.55. The average molecular weight is 727 g/mol. The largest absolute Gasteiger partial charge is 0.457 e. The zero-order valence-corrected chi connectivity index (χ0v) is 30.9. The van der Waals surface area contributed by atoms with Crippen LogP contribution in [0.4, 0.5) is 8.78 Å². The number of hydrogen-bond donors (Lipinski definition) is 1. The number of carbonyl (C=O) groups is 1. The van der Waals surface area contributed by atoms with E-state index >= 15 is 0 Å². The van der Waals surface area contributed by atoms with Gasteiger partial charge in [-0.1, -0.05) is 60.7 Å². The van der Waals surface area contributed by atoms with Crippen molar-refractivity contribution in [2.75, 3.05) is 13.2 Å². The van der Waals surface area contributed by atoms with Crippen LogP contribution in [0.25, 0.3) is 0 Å². The van der Waals surface area contributed by atoms with Crippen LogP contribution < -0.4 is 0 Å². The van der Waals surface area contributed by atoms with Crippen molar-refractivity contribution in [1.29, 1.82) is 0 Å². The van der Waals surface area contributed by atoms with Gasteiger partial charge in [-0.15, -0.1) is 0 Å². The van der Waals surface area contributed by atoms with E-state index in [-0.39, 0.29) is 41.6 Å². The van der Waals surface area contributed by atoms with E-state index in [9.17, 15) is 18.7 Å². The molecule has 1 N–H and O–H groups in total. The van der Waals surface area contributed by atoms with E-state index in [1.54, 1.807) is 12.1 Å². The maximum Gasteiger partial charge on any atom is 0.303 e. The van der Waals surface area contributed by atoms with Crippen LogP contribution in [0.15, 0.2) is 84.9 Å². The van der Waals surface area contributed by atoms with Crippen molar-refractivity contribution in [3.63, 3.8) is 0 Å². The predicted molar refractivity (Wildman–Crippen MR) is 195 cm³/mol. The SMILES string of the molecule is CC(=O)O[C@H]1c2cc(F)ccc2Cc2ccccc2[C@H]1C[C@@H]1COC(C)(C)O1.CC1(C)OC[C@@H](C[C@@H]2c3ccccc3Cc3ccc(F)cc3[C@@H]2O)O1. The van der Waals surface area contributed by atoms with Crippen LogP contribution >= 0.6 is 0 Å². The van der Waals surface area contributed by atoms with Crippen LogP contribution in [-0.4, -0.2) is 48.1 Å². The Bertz CT molecular complexity index is 1960. The van der Waals surface area contributed by atoms with Crippen LogP contribution in [0.3, 0.4) is 0 Å². The van der Waals surface area contributed by atoms with Gasteiger partial charge in [0.05, 0.1) is 31.5 Å². The summed E-state index contributed by atoms with van der Waals surface area (Å²) in [6.45, 7) is 9.96. The van der Waals surface area contributed by atoms with Crippen molar-refractivity contribution in [2.24, 2.45) is 0 Å². The molecule has 4 aliphatic rings. The number of hydrogen-bond acceptors (Lipinski definition) is 7. The van der Waals surface area contributed by atoms with Crippen molar-refractivity contribution in [1.82, 2.24) is 0 Å². The lowest BCUT2D eigenvalue weighted by Crippen LogP contribution is -2.25. The summed E-state index contributed by atoms with van der Waals surface area (Å²) in [5, 5.41) is 11.1. The van der Waals surface area contributed by atoms with Crippen LogP contribution in [-0.2, 0) is 41.3 Å². The van der Waals surface area contributed by atoms with Gasteiger partial charge in [-0.3, -0.25) is 4.79 Å². The summed E-state index contributed by atoms with van der Waals surface area (Å²) in [5.41, 5.74) is 7.93. The molecule has 2 aliphatic carbocycles. The van der Waals surface area contributed by atoms with Crippen molar-refractivity contribution < 1.29 is 42.4 Å². The quantitative estimate of drug-likeness (QED) is 0.206. The summed E-state index contributed by atoms with van der Waals surface area (Å²) in [6.07, 6.45) is 1.09. The van der Waals surface area contributed by atoms with Gasteiger partial charge in [0, 0.05) is 18.8 Å². The van der Waals surface area contributed by atoms with E-state index in [4.69, 9.17) is 23.7 Å². The first kappa shape index (κ1) is 37.3. The van der Waals surface area contributed by atoms with Gasteiger partial charge in [0.25, 0.3) is 0 Å². The van der Waals surface area contributed by atoms with Gasteiger partial charge in [-0.2, -0.15) is 0 Å². The normalized spacial score (nSPS) is 26.4. The Morgan fingerprint density at radius 3 is 1.64 bits per heavy atom. The van der Waals surface area contributed by atoms with E-state index < -0.39 is 23.8 Å². The van der Waals surface area contributed by atoms with Gasteiger partial charge in [0.2, 0.25) is 0 Å². The van der Waals surface area contributed by atoms with E-state index in [0.717, 1.165) is 33.4 Å². The van der Waals surface area contributed by atoms with Gasteiger partial charge in [-0.25, -0.2) is 8.78 Å². The summed E-state index contributed by atoms with van der Waals surface area (Å²) in [6, 6.07) is 25.8. The highest BCUT2D eigenvalue weighted by Crippen LogP contribution is 2.46. The Balaban J connectivity index is 0.000000165. The summed E-state index contributed by atoms with van der Waals surface area (Å²) in [4.78, 5) is 11.9. The molecular formula is C44H48F2O7. The first-order chi connectivity index (χ1) is 25.2. The van der Waals surface area contributed by atoms with Crippen LogP contribution in [0.2, 0.25) is 0 Å². The molecule has 9 heteroatoms. The first-order valence-corrected chi connectivity index (χ1v) is 18.5. The average Bonchev–Trinajstić information content (AvgIpc) is 3.58. The number of aliphatic hydroxyl groups is 1. The lowest BCUT2D eigenvalue weighted by molar-refractivity contribution is -0.151. The van der Waals surface area contributed by atoms with Crippen LogP contribution in [0.5, 0.6) is 0 Å². The second-order valence-electron chi connectivity index (χ2n) is 15.5. The van der Waals surface area contributed by atoms with E-state index in [1.165, 1.54) is 36.8 Å². The molecule has 8 rings (SSSR count). The smallest absolute Gasteiger partial charge is 0.303 e. The van der Waals surface area contributed by atoms with Crippen molar-refractivity contribution in [3.05, 3.63) is 141 Å². The minimum atomic E-state index is -0.762. The van der Waals surface area contributed by atoms with Gasteiger partial charge in [0.15, 0.2) is 11.6 Å². The third-order valence-electron chi connectivity index (χ3n) is 10.7. The number of carbonyl (C=O) groups excluding carboxylic acids is 1. The molecule has 0 radical (unpaired) electrons. The molecule has 2 saturated heterocycles. The topological polar surface area (TPSA) is 83.5 Å². The van der Waals surface area contributed by atoms with E-state index in [2.05, 4.69) is 24.3 Å². The number of halogens is 2. The fourth-order valence-corrected chi connectivity index (χ4v) is 8.44. The molecule has 280 valence electrons. The maximum absolute atomic E-state index is 14.1. The fourth-order valence-electron chi connectivity index (χ4n) is 8.44. The summed E-state index contributed by atoms with van der Waals surface area (Å²) in [7, 11) is 0. The Kier molecular flexibility index (Phi) is 10.6. The van der Waals surface area contributed by atoms with E-state index in [1.807, 2.05) is 52.0 Å². The Labute approximate surface area is 310 Å². The molecule has 2 heterocycles. The molecular weight excluding hydrogens is 678 g/mol. The second kappa shape index (κ2) is 15.0. The van der Waals surface area contributed by atoms with Gasteiger partial charge in [-0.05, 0) is 122 Å². The summed E-state index contributed by atoms with van der Waals surface area (Å²) < 4.78 is 57.1. The fraction of sp³-hybridized carbons (Fsp3) is 0.432. The number of ether oxygens (including phenoxy) is 5. The maximum atomic E-state index is 14.1. The summed E-state index contributed by atoms with van der Waals surface area (Å²) >= 11 is 0. The third-order valence-corrected chi connectivity index (χ3v) is 10.7. The predicted octanol–water partition coefficient (Wildman–Crippen LogP) is 8.75. The van der Waals surface area contributed by atoms with Gasteiger partial charge < -0.3 is 28.8 Å². The van der Waals surface area contributed by atoms with Crippen molar-refractivity contribution in [2.45, 2.75) is 108 Å². The molecule has 6 atom stereocenters. The van der Waals surface area contributed by atoms with Crippen LogP contribution in [0, 0.1) is 11.6 Å². The zero-order chi connectivity index (χ0) is 37.5. The standard InChI is InChI=1S/C23H25FO4.C21H23FO3/c1-14(25)27-22-20-11-17(24)9-8-16(20)10-15-6-4-5-7-19(15)21(22)12-18-13-26-23(2,3)28-18;1-21(2)24-12-16(25-21)11-19-17-6-4-3-5-13(17)9-14-7-8-15(22)10-18(14)20(19)23/h4-9,11,18,21-22H,10,12-13H2,1-3H3;3-8,10,16,19-20,23H,9,11-12H2,1-2H3/t18-,21-,22+;16-,19-,20+/m11/s1. The molecule has 53 heavy (non-hydrogen) atoms. The highest BCUT2D eigenvalue weighted by atomic mass is 19.1. The second-order valence-corrected chi connectivity index (χ2v) is 15.5. The minimum absolute atomic E-state index is 0.0854. The molecule has 0 bridgehead atoms. The van der Waals surface area contributed by atoms with Crippen molar-refractivity contribution in [3.8, 4) is 0 Å². The Morgan fingerprint density at radius 2 is 1.13 bits per heavy atom. The molecule has 2 fully saturated rings. The molecule has 7 nitrogen and oxygen atoms in total. The third kappa shape index (κ3) is 8.40. The molecule has 2 aliphatic heterocycles. The monoisotopic (exact) mass is 726 g/mol. The van der Waals surface area contributed by atoms with E-state index in [0.29, 0.717) is 44.5 Å². The number of rotatable bonds is 5. The highest BCUT2D eigenvalue weighted by molar-refractivity contribution is 5.67. The lowest BCUT2D eigenvalue weighted by atomic mass is 9.84. The molecule has 0 spiro atoms. The molecule has 0 amide bonds. The molecule has 0 unspecified atom stereocenters. The van der Waals surface area contributed by atoms with Crippen LogP contribution in [0.1, 0.15) is 116 Å². The number of aliphatic hydroxyl groups excluding tert-OH is 1. The number of esters is 1. The van der Waals surface area contributed by atoms with Gasteiger partial charge >= 0.3 is 5.97 Å². The molecule has 0 aromatic heterocycles. The Morgan fingerprint density at radius 1 is 0.679 bits per heavy atom. The molecule has 4 aromatic carbocycles. The molecule has 4 aromatic rings. The van der Waals surface area contributed by atoms with Gasteiger partial charge in [0.1, 0.15) is 17.7 Å². The first-order valence-electron chi connectivity index (χ1n) is 18.5.